The highest BCUT2D eigenvalue weighted by molar-refractivity contribution is 8.00. The molecule has 18 heavy (non-hydrogen) atoms. The maximum Gasteiger partial charge on any atom is 0.441 e. The summed E-state index contributed by atoms with van der Waals surface area (Å²) < 4.78 is 35.4. The lowest BCUT2D eigenvalue weighted by atomic mass is 10.3. The minimum Gasteiger partial charge on any atom is -0.351 e. The van der Waals surface area contributed by atoms with Gasteiger partial charge in [0.2, 0.25) is 0 Å². The quantitative estimate of drug-likeness (QED) is 0.809. The molecule has 0 spiro atoms. The number of halogens is 3. The summed E-state index contributed by atoms with van der Waals surface area (Å²) in [6.45, 7) is 1.36. The van der Waals surface area contributed by atoms with Crippen LogP contribution >= 0.6 is 11.8 Å². The molecule has 1 aromatic heterocycles. The molecule has 0 saturated heterocycles. The van der Waals surface area contributed by atoms with Crippen LogP contribution in [-0.4, -0.2) is 33.7 Å². The number of nitrogens with one attached hydrogen (secondary N) is 2. The van der Waals surface area contributed by atoms with Crippen LogP contribution < -0.4 is 10.9 Å². The smallest absolute Gasteiger partial charge is 0.351 e. The summed E-state index contributed by atoms with van der Waals surface area (Å²) in [7, 11) is 0. The predicted molar refractivity (Wildman–Crippen MR) is 60.4 cm³/mol. The number of aromatic amines is 1. The fourth-order valence-electron chi connectivity index (χ4n) is 1.07. The van der Waals surface area contributed by atoms with Gasteiger partial charge in [0, 0.05) is 18.5 Å². The first-order chi connectivity index (χ1) is 8.29. The van der Waals surface area contributed by atoms with Gasteiger partial charge in [-0.05, 0) is 18.7 Å². The lowest BCUT2D eigenvalue weighted by molar-refractivity contribution is -0.0327. The maximum absolute atomic E-state index is 11.8. The summed E-state index contributed by atoms with van der Waals surface area (Å²) in [5, 5.41) is 2.21. The van der Waals surface area contributed by atoms with Crippen molar-refractivity contribution in [2.75, 3.05) is 12.3 Å². The van der Waals surface area contributed by atoms with Gasteiger partial charge in [-0.2, -0.15) is 13.2 Å². The number of H-pyrrole nitrogens is 1. The van der Waals surface area contributed by atoms with Crippen molar-refractivity contribution in [1.29, 1.82) is 0 Å². The molecule has 1 aromatic rings. The monoisotopic (exact) mass is 281 g/mol. The summed E-state index contributed by atoms with van der Waals surface area (Å²) >= 11 is -0.239. The normalized spacial score (nSPS) is 11.3. The number of carbonyl (C=O) groups excluding carboxylic acids is 1. The molecule has 1 amide bonds. The number of carbonyl (C=O) groups is 1. The molecule has 100 valence electrons. The average Bonchev–Trinajstić information content (AvgIpc) is 2.22. The van der Waals surface area contributed by atoms with Gasteiger partial charge in [-0.3, -0.25) is 9.59 Å². The molecule has 0 aliphatic carbocycles. The van der Waals surface area contributed by atoms with E-state index in [9.17, 15) is 22.8 Å². The fraction of sp³-hybridized carbons (Fsp3) is 0.444. The van der Waals surface area contributed by atoms with Crippen molar-refractivity contribution in [2.45, 2.75) is 12.4 Å². The van der Waals surface area contributed by atoms with E-state index < -0.39 is 17.0 Å². The molecule has 0 aliphatic rings. The molecular weight excluding hydrogens is 271 g/mol. The van der Waals surface area contributed by atoms with E-state index in [1.807, 2.05) is 0 Å². The van der Waals surface area contributed by atoms with Crippen LogP contribution in [-0.2, 0) is 0 Å². The zero-order valence-electron chi connectivity index (χ0n) is 9.30. The van der Waals surface area contributed by atoms with Gasteiger partial charge in [0.05, 0.1) is 0 Å². The number of hydrogen-bond acceptors (Lipinski definition) is 4. The number of rotatable bonds is 4. The van der Waals surface area contributed by atoms with E-state index in [1.165, 1.54) is 0 Å². The second-order valence-corrected chi connectivity index (χ2v) is 4.42. The van der Waals surface area contributed by atoms with Crippen LogP contribution in [0, 0.1) is 6.92 Å². The van der Waals surface area contributed by atoms with Crippen LogP contribution in [0.3, 0.4) is 0 Å². The van der Waals surface area contributed by atoms with E-state index in [2.05, 4.69) is 15.3 Å². The van der Waals surface area contributed by atoms with Crippen LogP contribution in [0.5, 0.6) is 0 Å². The van der Waals surface area contributed by atoms with Gasteiger partial charge in [0.15, 0.2) is 0 Å². The van der Waals surface area contributed by atoms with E-state index >= 15 is 0 Å². The fourth-order valence-corrected chi connectivity index (χ4v) is 1.51. The van der Waals surface area contributed by atoms with Gasteiger partial charge in [-0.1, -0.05) is 0 Å². The van der Waals surface area contributed by atoms with Crippen LogP contribution in [0.2, 0.25) is 0 Å². The number of alkyl halides is 3. The molecule has 0 bridgehead atoms. The average molecular weight is 281 g/mol. The SMILES string of the molecule is Cc1ncc(C(=O)NCCSC(F)(F)F)c(=O)[nH]1. The minimum absolute atomic E-state index is 0.184. The Bertz CT molecular complexity index is 487. The van der Waals surface area contributed by atoms with Gasteiger partial charge in [-0.15, -0.1) is 0 Å². The zero-order valence-corrected chi connectivity index (χ0v) is 10.1. The van der Waals surface area contributed by atoms with Gasteiger partial charge in [0.25, 0.3) is 11.5 Å². The molecule has 9 heteroatoms. The number of amides is 1. The first-order valence-corrected chi connectivity index (χ1v) is 5.83. The summed E-state index contributed by atoms with van der Waals surface area (Å²) in [6, 6.07) is 0. The number of nitrogens with zero attached hydrogens (tertiary/aromatic N) is 1. The first-order valence-electron chi connectivity index (χ1n) is 4.84. The molecule has 1 heterocycles. The molecule has 2 N–H and O–H groups in total. The Morgan fingerprint density at radius 2 is 2.22 bits per heavy atom. The molecule has 0 unspecified atom stereocenters. The molecule has 0 saturated carbocycles. The number of aromatic nitrogens is 2. The molecule has 0 aromatic carbocycles. The molecular formula is C9H10F3N3O2S. The van der Waals surface area contributed by atoms with Crippen LogP contribution in [0.4, 0.5) is 13.2 Å². The summed E-state index contributed by atoms with van der Waals surface area (Å²) in [4.78, 5) is 28.8. The Hall–Kier alpha value is -1.51. The lowest BCUT2D eigenvalue weighted by Crippen LogP contribution is -2.32. The van der Waals surface area contributed by atoms with Gasteiger partial charge in [-0.25, -0.2) is 4.98 Å². The highest BCUT2D eigenvalue weighted by Crippen LogP contribution is 2.29. The molecule has 1 rings (SSSR count). The maximum atomic E-state index is 11.8. The van der Waals surface area contributed by atoms with Gasteiger partial charge >= 0.3 is 5.51 Å². The largest absolute Gasteiger partial charge is 0.441 e. The van der Waals surface area contributed by atoms with Gasteiger partial charge in [0.1, 0.15) is 11.4 Å². The van der Waals surface area contributed by atoms with Crippen molar-refractivity contribution in [2.24, 2.45) is 0 Å². The van der Waals surface area contributed by atoms with Gasteiger partial charge < -0.3 is 10.3 Å². The van der Waals surface area contributed by atoms with Crippen molar-refractivity contribution >= 4 is 17.7 Å². The lowest BCUT2D eigenvalue weighted by Gasteiger charge is -2.06. The highest BCUT2D eigenvalue weighted by Gasteiger charge is 2.27. The summed E-state index contributed by atoms with van der Waals surface area (Å²) in [5.41, 5.74) is -5.17. The van der Waals surface area contributed by atoms with E-state index in [4.69, 9.17) is 0 Å². The Morgan fingerprint density at radius 1 is 1.56 bits per heavy atom. The minimum atomic E-state index is -4.33. The van der Waals surface area contributed by atoms with Crippen molar-refractivity contribution in [1.82, 2.24) is 15.3 Å². The molecule has 0 radical (unpaired) electrons. The third-order valence-corrected chi connectivity index (χ3v) is 2.56. The third-order valence-electron chi connectivity index (χ3n) is 1.82. The number of hydrogen-bond donors (Lipinski definition) is 2. The van der Waals surface area contributed by atoms with E-state index in [-0.39, 0.29) is 29.6 Å². The topological polar surface area (TPSA) is 74.8 Å². The number of aryl methyl sites for hydroxylation is 1. The van der Waals surface area contributed by atoms with E-state index in [1.54, 1.807) is 6.92 Å². The Kier molecular flexibility index (Phi) is 4.76. The zero-order chi connectivity index (χ0) is 13.8. The molecule has 5 nitrogen and oxygen atoms in total. The summed E-state index contributed by atoms with van der Waals surface area (Å²) in [5.74, 6) is -0.706. The van der Waals surface area contributed by atoms with E-state index in [0.717, 1.165) is 6.20 Å². The van der Waals surface area contributed by atoms with E-state index in [0.29, 0.717) is 5.82 Å². The second kappa shape index (κ2) is 5.89. The molecule has 0 atom stereocenters. The Balaban J connectivity index is 2.49. The van der Waals surface area contributed by atoms with Crippen LogP contribution in [0.25, 0.3) is 0 Å². The Labute approximate surface area is 104 Å². The summed E-state index contributed by atoms with van der Waals surface area (Å²) in [6.07, 6.45) is 1.08. The highest BCUT2D eigenvalue weighted by atomic mass is 32.2. The third kappa shape index (κ3) is 4.78. The van der Waals surface area contributed by atoms with Crippen molar-refractivity contribution in [3.05, 3.63) is 27.9 Å². The predicted octanol–water partition coefficient (Wildman–Crippen LogP) is 1.06. The Morgan fingerprint density at radius 3 is 2.78 bits per heavy atom. The van der Waals surface area contributed by atoms with Crippen molar-refractivity contribution in [3.8, 4) is 0 Å². The number of thioether (sulfide) groups is 1. The standard InChI is InChI=1S/C9H10F3N3O2S/c1-5-14-4-6(8(17)15-5)7(16)13-2-3-18-9(10,11)12/h4H,2-3H2,1H3,(H,13,16)(H,14,15,17). The van der Waals surface area contributed by atoms with Crippen molar-refractivity contribution in [3.63, 3.8) is 0 Å². The van der Waals surface area contributed by atoms with Crippen LogP contribution in [0.1, 0.15) is 16.2 Å². The first kappa shape index (κ1) is 14.6. The van der Waals surface area contributed by atoms with Crippen molar-refractivity contribution < 1.29 is 18.0 Å². The molecule has 0 aliphatic heterocycles. The van der Waals surface area contributed by atoms with Crippen LogP contribution in [0.15, 0.2) is 11.0 Å². The second-order valence-electron chi connectivity index (χ2n) is 3.26. The molecule has 0 fully saturated rings.